The summed E-state index contributed by atoms with van der Waals surface area (Å²) in [6.07, 6.45) is 11.9. The minimum absolute atomic E-state index is 0. The van der Waals surface area contributed by atoms with Crippen molar-refractivity contribution in [3.63, 3.8) is 0 Å². The van der Waals surface area contributed by atoms with Gasteiger partial charge in [-0.2, -0.15) is 12.7 Å². The minimum Gasteiger partial charge on any atom is -0.324 e. The highest BCUT2D eigenvalue weighted by Crippen LogP contribution is 2.26. The van der Waals surface area contributed by atoms with Gasteiger partial charge in [-0.05, 0) is 25.7 Å². The van der Waals surface area contributed by atoms with Crippen LogP contribution >= 0.6 is 12.4 Å². The monoisotopic (exact) mass is 353 g/mol. The fourth-order valence-electron chi connectivity index (χ4n) is 3.59. The maximum absolute atomic E-state index is 12.5. The van der Waals surface area contributed by atoms with E-state index in [1.165, 1.54) is 23.6 Å². The van der Waals surface area contributed by atoms with Crippen molar-refractivity contribution in [1.29, 1.82) is 0 Å². The lowest BCUT2D eigenvalue weighted by Crippen LogP contribution is -2.53. The SMILES string of the molecule is CN(C1CCCCC1)S(=O)(=O)NCC1(N)CCCCCC1.Cl. The summed E-state index contributed by atoms with van der Waals surface area (Å²) >= 11 is 0. The Hall–Kier alpha value is 0.120. The molecule has 7 heteroatoms. The van der Waals surface area contributed by atoms with E-state index in [2.05, 4.69) is 4.72 Å². The van der Waals surface area contributed by atoms with E-state index in [0.717, 1.165) is 51.4 Å². The Bertz CT molecular complexity index is 417. The van der Waals surface area contributed by atoms with E-state index in [0.29, 0.717) is 6.54 Å². The van der Waals surface area contributed by atoms with Gasteiger partial charge in [0, 0.05) is 25.2 Å². The number of halogens is 1. The second kappa shape index (κ2) is 8.83. The van der Waals surface area contributed by atoms with Gasteiger partial charge in [-0.3, -0.25) is 0 Å². The molecule has 0 heterocycles. The average Bonchev–Trinajstić information content (AvgIpc) is 2.71. The molecule has 0 radical (unpaired) electrons. The molecule has 0 bridgehead atoms. The van der Waals surface area contributed by atoms with Gasteiger partial charge >= 0.3 is 0 Å². The van der Waals surface area contributed by atoms with E-state index in [1.807, 2.05) is 0 Å². The van der Waals surface area contributed by atoms with E-state index >= 15 is 0 Å². The summed E-state index contributed by atoms with van der Waals surface area (Å²) in [6.45, 7) is 0.367. The van der Waals surface area contributed by atoms with Crippen LogP contribution in [-0.4, -0.2) is 37.9 Å². The lowest BCUT2D eigenvalue weighted by molar-refractivity contribution is 0.279. The summed E-state index contributed by atoms with van der Waals surface area (Å²) in [7, 11) is -1.70. The molecule has 2 aliphatic carbocycles. The molecule has 3 N–H and O–H groups in total. The Morgan fingerprint density at radius 2 is 1.55 bits per heavy atom. The molecule has 2 aliphatic rings. The van der Waals surface area contributed by atoms with Crippen LogP contribution in [0.15, 0.2) is 0 Å². The van der Waals surface area contributed by atoms with Gasteiger partial charge in [-0.25, -0.2) is 4.72 Å². The predicted octanol–water partition coefficient (Wildman–Crippen LogP) is 2.56. The van der Waals surface area contributed by atoms with Crippen molar-refractivity contribution in [2.24, 2.45) is 5.73 Å². The van der Waals surface area contributed by atoms with Crippen LogP contribution in [0.3, 0.4) is 0 Å². The van der Waals surface area contributed by atoms with Gasteiger partial charge in [0.15, 0.2) is 0 Å². The van der Waals surface area contributed by atoms with Gasteiger partial charge in [-0.15, -0.1) is 12.4 Å². The fourth-order valence-corrected chi connectivity index (χ4v) is 4.86. The van der Waals surface area contributed by atoms with Crippen LogP contribution in [0.25, 0.3) is 0 Å². The molecule has 22 heavy (non-hydrogen) atoms. The molecule has 0 unspecified atom stereocenters. The van der Waals surface area contributed by atoms with Gasteiger partial charge in [0.1, 0.15) is 0 Å². The molecule has 0 aromatic carbocycles. The van der Waals surface area contributed by atoms with E-state index in [9.17, 15) is 8.42 Å². The van der Waals surface area contributed by atoms with Crippen molar-refractivity contribution in [3.8, 4) is 0 Å². The van der Waals surface area contributed by atoms with Gasteiger partial charge in [0.05, 0.1) is 0 Å². The molecule has 2 saturated carbocycles. The summed E-state index contributed by atoms with van der Waals surface area (Å²) < 4.78 is 29.2. The van der Waals surface area contributed by atoms with Crippen molar-refractivity contribution in [1.82, 2.24) is 9.03 Å². The second-order valence-corrected chi connectivity index (χ2v) is 8.73. The zero-order valence-electron chi connectivity index (χ0n) is 13.7. The van der Waals surface area contributed by atoms with E-state index in [4.69, 9.17) is 5.73 Å². The molecule has 2 fully saturated rings. The van der Waals surface area contributed by atoms with Crippen molar-refractivity contribution in [3.05, 3.63) is 0 Å². The van der Waals surface area contributed by atoms with E-state index in [-0.39, 0.29) is 24.0 Å². The first kappa shape index (κ1) is 20.2. The highest BCUT2D eigenvalue weighted by Gasteiger charge is 2.31. The summed E-state index contributed by atoms with van der Waals surface area (Å²) in [6, 6.07) is 0.152. The Kier molecular flexibility index (Phi) is 8.09. The van der Waals surface area contributed by atoms with Crippen LogP contribution < -0.4 is 10.5 Å². The third kappa shape index (κ3) is 5.64. The first-order valence-corrected chi connectivity index (χ1v) is 9.88. The van der Waals surface area contributed by atoms with Crippen LogP contribution in [0.1, 0.15) is 70.6 Å². The number of nitrogens with two attached hydrogens (primary N) is 1. The fraction of sp³-hybridized carbons (Fsp3) is 1.00. The maximum atomic E-state index is 12.5. The third-order valence-electron chi connectivity index (χ3n) is 5.17. The molecule has 0 aromatic heterocycles. The summed E-state index contributed by atoms with van der Waals surface area (Å²) in [5.74, 6) is 0. The number of rotatable bonds is 5. The molecule has 132 valence electrons. The van der Waals surface area contributed by atoms with E-state index < -0.39 is 10.2 Å². The van der Waals surface area contributed by atoms with Gasteiger partial charge in [0.2, 0.25) is 0 Å². The summed E-state index contributed by atoms with van der Waals surface area (Å²) in [5.41, 5.74) is 6.04. The number of hydrogen-bond donors (Lipinski definition) is 2. The lowest BCUT2D eigenvalue weighted by atomic mass is 9.92. The first-order chi connectivity index (χ1) is 9.93. The molecule has 0 aliphatic heterocycles. The van der Waals surface area contributed by atoms with Crippen LogP contribution in [0.5, 0.6) is 0 Å². The van der Waals surface area contributed by atoms with Crippen molar-refractivity contribution in [2.45, 2.75) is 82.2 Å². The quantitative estimate of drug-likeness (QED) is 0.746. The predicted molar refractivity (Wildman–Crippen MR) is 93.4 cm³/mol. The Labute approximate surface area is 142 Å². The molecule has 0 aromatic rings. The third-order valence-corrected chi connectivity index (χ3v) is 6.74. The molecule has 2 rings (SSSR count). The smallest absolute Gasteiger partial charge is 0.279 e. The van der Waals surface area contributed by atoms with Crippen molar-refractivity contribution in [2.75, 3.05) is 13.6 Å². The van der Waals surface area contributed by atoms with Gasteiger partial charge in [-0.1, -0.05) is 44.9 Å². The van der Waals surface area contributed by atoms with Crippen molar-refractivity contribution < 1.29 is 8.42 Å². The second-order valence-electron chi connectivity index (χ2n) is 6.91. The maximum Gasteiger partial charge on any atom is 0.279 e. The van der Waals surface area contributed by atoms with Crippen LogP contribution in [-0.2, 0) is 10.2 Å². The minimum atomic E-state index is -3.41. The van der Waals surface area contributed by atoms with Crippen molar-refractivity contribution >= 4 is 22.6 Å². The summed E-state index contributed by atoms with van der Waals surface area (Å²) in [5, 5.41) is 0. The normalized spacial score (nSPS) is 23.8. The first-order valence-electron chi connectivity index (χ1n) is 8.44. The van der Waals surface area contributed by atoms with Crippen LogP contribution in [0.2, 0.25) is 0 Å². The van der Waals surface area contributed by atoms with Crippen LogP contribution in [0.4, 0.5) is 0 Å². The average molecular weight is 354 g/mol. The van der Waals surface area contributed by atoms with Gasteiger partial charge < -0.3 is 5.73 Å². The molecule has 0 saturated heterocycles. The zero-order chi connectivity index (χ0) is 15.3. The highest BCUT2D eigenvalue weighted by atomic mass is 35.5. The Balaban J connectivity index is 0.00000242. The highest BCUT2D eigenvalue weighted by molar-refractivity contribution is 7.87. The number of hydrogen-bond acceptors (Lipinski definition) is 3. The van der Waals surface area contributed by atoms with Gasteiger partial charge in [0.25, 0.3) is 10.2 Å². The number of nitrogens with zero attached hydrogens (tertiary/aromatic N) is 1. The molecular weight excluding hydrogens is 322 g/mol. The number of nitrogens with one attached hydrogen (secondary N) is 1. The topological polar surface area (TPSA) is 75.4 Å². The molecule has 0 spiro atoms. The summed E-state index contributed by atoms with van der Waals surface area (Å²) in [4.78, 5) is 0. The molecule has 0 atom stereocenters. The van der Waals surface area contributed by atoms with Crippen LogP contribution in [0, 0.1) is 0 Å². The molecule has 0 amide bonds. The zero-order valence-corrected chi connectivity index (χ0v) is 15.4. The largest absolute Gasteiger partial charge is 0.324 e. The lowest BCUT2D eigenvalue weighted by Gasteiger charge is -2.33. The standard InChI is InChI=1S/C15H31N3O2S.ClH/c1-18(14-9-5-4-6-10-14)21(19,20)17-13-15(16)11-7-2-3-8-12-15;/h14,17H,2-13,16H2,1H3;1H. The Morgan fingerprint density at radius 3 is 2.09 bits per heavy atom. The van der Waals surface area contributed by atoms with E-state index in [1.54, 1.807) is 7.05 Å². The molecule has 5 nitrogen and oxygen atoms in total. The Morgan fingerprint density at radius 1 is 1.05 bits per heavy atom. The molecular formula is C15H32ClN3O2S.